The van der Waals surface area contributed by atoms with Crippen LogP contribution in [0.15, 0.2) is 0 Å². The molecule has 72 valence electrons. The largest absolute Gasteiger partial charge is 0.405 e. The molecule has 0 aliphatic carbocycles. The molecule has 0 unspecified atom stereocenters. The number of nitrogens with one attached hydrogen (secondary N) is 1. The second kappa shape index (κ2) is 3.22. The summed E-state index contributed by atoms with van der Waals surface area (Å²) in [4.78, 5) is 1.37. The topological polar surface area (TPSA) is 15.3 Å². The summed E-state index contributed by atoms with van der Waals surface area (Å²) in [5.41, 5.74) is 0. The van der Waals surface area contributed by atoms with E-state index in [1.54, 1.807) is 6.92 Å². The van der Waals surface area contributed by atoms with Crippen LogP contribution < -0.4 is 5.32 Å². The summed E-state index contributed by atoms with van der Waals surface area (Å²) < 4.78 is 36.9. The van der Waals surface area contributed by atoms with Gasteiger partial charge in [0.1, 0.15) is 6.04 Å². The molecule has 0 aromatic heterocycles. The van der Waals surface area contributed by atoms with E-state index in [-0.39, 0.29) is 12.6 Å². The molecule has 1 N–H and O–H groups in total. The second-order valence-electron chi connectivity index (χ2n) is 3.23. The van der Waals surface area contributed by atoms with Gasteiger partial charge in [0.05, 0.1) is 0 Å². The number of hydrogen-bond donors (Lipinski definition) is 1. The number of alkyl halides is 3. The highest BCUT2D eigenvalue weighted by atomic mass is 19.4. The maximum atomic E-state index is 12.3. The third-order valence-corrected chi connectivity index (χ3v) is 2.34. The van der Waals surface area contributed by atoms with Crippen LogP contribution in [0.25, 0.3) is 0 Å². The Hall–Kier alpha value is -0.290. The standard InChI is InChI=1S/C7H13F3N2/c1-5-3-11-4-6(12(5)2)7(8,9)10/h5-6,11H,3-4H2,1-2H3/t5-,6-/m1/s1. The quantitative estimate of drug-likeness (QED) is 0.597. The van der Waals surface area contributed by atoms with E-state index >= 15 is 0 Å². The summed E-state index contributed by atoms with van der Waals surface area (Å²) in [5.74, 6) is 0. The molecule has 0 saturated carbocycles. The van der Waals surface area contributed by atoms with E-state index in [0.29, 0.717) is 6.54 Å². The van der Waals surface area contributed by atoms with Crippen molar-refractivity contribution >= 4 is 0 Å². The van der Waals surface area contributed by atoms with Crippen LogP contribution in [-0.4, -0.2) is 43.3 Å². The van der Waals surface area contributed by atoms with Crippen molar-refractivity contribution in [2.75, 3.05) is 20.1 Å². The minimum absolute atomic E-state index is 0.00431. The first kappa shape index (κ1) is 9.80. The average molecular weight is 182 g/mol. The maximum Gasteiger partial charge on any atom is 0.405 e. The molecule has 1 aliphatic rings. The lowest BCUT2D eigenvalue weighted by atomic mass is 10.1. The third-order valence-electron chi connectivity index (χ3n) is 2.34. The molecule has 12 heavy (non-hydrogen) atoms. The Morgan fingerprint density at radius 1 is 1.33 bits per heavy atom. The van der Waals surface area contributed by atoms with Crippen molar-refractivity contribution in [3.63, 3.8) is 0 Å². The van der Waals surface area contributed by atoms with Gasteiger partial charge in [0.15, 0.2) is 0 Å². The van der Waals surface area contributed by atoms with Crippen LogP contribution in [0.1, 0.15) is 6.92 Å². The van der Waals surface area contributed by atoms with Crippen molar-refractivity contribution in [3.05, 3.63) is 0 Å². The van der Waals surface area contributed by atoms with Crippen LogP contribution in [0.2, 0.25) is 0 Å². The monoisotopic (exact) mass is 182 g/mol. The van der Waals surface area contributed by atoms with Gasteiger partial charge in [0.2, 0.25) is 0 Å². The number of halogens is 3. The van der Waals surface area contributed by atoms with Gasteiger partial charge >= 0.3 is 6.18 Å². The number of hydrogen-bond acceptors (Lipinski definition) is 2. The van der Waals surface area contributed by atoms with Gasteiger partial charge in [-0.25, -0.2) is 0 Å². The number of nitrogens with zero attached hydrogens (tertiary/aromatic N) is 1. The highest BCUT2D eigenvalue weighted by Crippen LogP contribution is 2.26. The van der Waals surface area contributed by atoms with E-state index < -0.39 is 12.2 Å². The molecule has 1 heterocycles. The van der Waals surface area contributed by atoms with Crippen molar-refractivity contribution in [2.24, 2.45) is 0 Å². The molecule has 1 aliphatic heterocycles. The fraction of sp³-hybridized carbons (Fsp3) is 1.00. The lowest BCUT2D eigenvalue weighted by Crippen LogP contribution is -2.59. The summed E-state index contributed by atoms with van der Waals surface area (Å²) in [6, 6.07) is -1.38. The Balaban J connectivity index is 2.64. The van der Waals surface area contributed by atoms with E-state index in [2.05, 4.69) is 5.32 Å². The van der Waals surface area contributed by atoms with Gasteiger partial charge in [-0.2, -0.15) is 13.2 Å². The Morgan fingerprint density at radius 3 is 2.33 bits per heavy atom. The normalized spacial score (nSPS) is 33.8. The molecule has 1 fully saturated rings. The van der Waals surface area contributed by atoms with Gasteiger partial charge < -0.3 is 5.32 Å². The molecule has 1 saturated heterocycles. The molecule has 0 aromatic carbocycles. The second-order valence-corrected chi connectivity index (χ2v) is 3.23. The highest BCUT2D eigenvalue weighted by molar-refractivity contribution is 4.87. The summed E-state index contributed by atoms with van der Waals surface area (Å²) in [6.07, 6.45) is -4.11. The maximum absolute atomic E-state index is 12.3. The first-order chi connectivity index (χ1) is 5.43. The van der Waals surface area contributed by atoms with E-state index in [9.17, 15) is 13.2 Å². The molecular formula is C7H13F3N2. The van der Waals surface area contributed by atoms with E-state index in [1.807, 2.05) is 0 Å². The number of piperazine rings is 1. The Bertz CT molecular complexity index is 157. The zero-order valence-electron chi connectivity index (χ0n) is 7.15. The van der Waals surface area contributed by atoms with Crippen LogP contribution in [0.5, 0.6) is 0 Å². The first-order valence-electron chi connectivity index (χ1n) is 3.92. The first-order valence-corrected chi connectivity index (χ1v) is 3.92. The zero-order chi connectivity index (χ0) is 9.35. The van der Waals surface area contributed by atoms with Gasteiger partial charge in [0.25, 0.3) is 0 Å². The van der Waals surface area contributed by atoms with Crippen molar-refractivity contribution in [3.8, 4) is 0 Å². The van der Waals surface area contributed by atoms with Crippen LogP contribution >= 0.6 is 0 Å². The van der Waals surface area contributed by atoms with Gasteiger partial charge in [-0.1, -0.05) is 0 Å². The van der Waals surface area contributed by atoms with Crippen molar-refractivity contribution < 1.29 is 13.2 Å². The SMILES string of the molecule is C[C@@H]1CNC[C@H](C(F)(F)F)N1C. The molecule has 2 nitrogen and oxygen atoms in total. The molecule has 0 radical (unpaired) electrons. The van der Waals surface area contributed by atoms with Crippen molar-refractivity contribution in [1.82, 2.24) is 10.2 Å². The average Bonchev–Trinajstić information content (AvgIpc) is 1.92. The summed E-state index contributed by atoms with van der Waals surface area (Å²) in [7, 11) is 1.52. The number of likely N-dealkylation sites (N-methyl/N-ethyl adjacent to an activating group) is 1. The molecule has 0 amide bonds. The van der Waals surface area contributed by atoms with E-state index in [4.69, 9.17) is 0 Å². The van der Waals surface area contributed by atoms with Crippen LogP contribution in [0.3, 0.4) is 0 Å². The predicted molar refractivity (Wildman–Crippen MR) is 39.9 cm³/mol. The minimum Gasteiger partial charge on any atom is -0.313 e. The van der Waals surface area contributed by atoms with Gasteiger partial charge in [0, 0.05) is 19.1 Å². The lowest BCUT2D eigenvalue weighted by molar-refractivity contribution is -0.188. The van der Waals surface area contributed by atoms with Crippen LogP contribution in [-0.2, 0) is 0 Å². The molecule has 0 bridgehead atoms. The van der Waals surface area contributed by atoms with Crippen molar-refractivity contribution in [1.29, 1.82) is 0 Å². The summed E-state index contributed by atoms with van der Waals surface area (Å²) >= 11 is 0. The smallest absolute Gasteiger partial charge is 0.313 e. The fourth-order valence-corrected chi connectivity index (χ4v) is 1.37. The molecule has 2 atom stereocenters. The lowest BCUT2D eigenvalue weighted by Gasteiger charge is -2.39. The molecule has 0 spiro atoms. The summed E-state index contributed by atoms with van der Waals surface area (Å²) in [5, 5.41) is 2.76. The Kier molecular flexibility index (Phi) is 2.63. The van der Waals surface area contributed by atoms with Crippen LogP contribution in [0, 0.1) is 0 Å². The summed E-state index contributed by atoms with van der Waals surface area (Å²) in [6.45, 7) is 2.42. The van der Waals surface area contributed by atoms with E-state index in [0.717, 1.165) is 0 Å². The third kappa shape index (κ3) is 1.90. The Morgan fingerprint density at radius 2 is 1.92 bits per heavy atom. The number of rotatable bonds is 0. The van der Waals surface area contributed by atoms with Gasteiger partial charge in [-0.3, -0.25) is 4.90 Å². The minimum atomic E-state index is -4.11. The highest BCUT2D eigenvalue weighted by Gasteiger charge is 2.44. The molecular weight excluding hydrogens is 169 g/mol. The zero-order valence-corrected chi connectivity index (χ0v) is 7.15. The predicted octanol–water partition coefficient (Wildman–Crippen LogP) is 0.841. The van der Waals surface area contributed by atoms with E-state index in [1.165, 1.54) is 11.9 Å². The Labute approximate surface area is 69.7 Å². The van der Waals surface area contributed by atoms with Gasteiger partial charge in [-0.05, 0) is 14.0 Å². The van der Waals surface area contributed by atoms with Crippen LogP contribution in [0.4, 0.5) is 13.2 Å². The molecule has 1 rings (SSSR count). The molecule has 0 aromatic rings. The van der Waals surface area contributed by atoms with Crippen molar-refractivity contribution in [2.45, 2.75) is 25.2 Å². The van der Waals surface area contributed by atoms with Gasteiger partial charge in [-0.15, -0.1) is 0 Å². The molecule has 5 heteroatoms. The fourth-order valence-electron chi connectivity index (χ4n) is 1.37.